The highest BCUT2D eigenvalue weighted by atomic mass is 35.5. The van der Waals surface area contributed by atoms with Crippen LogP contribution in [0.25, 0.3) is 0 Å². The number of carbonyl (C=O) groups excluding carboxylic acids is 1. The summed E-state index contributed by atoms with van der Waals surface area (Å²) in [5.41, 5.74) is 0.462. The minimum Gasteiger partial charge on any atom is -0.466 e. The number of hydrogen-bond acceptors (Lipinski definition) is 2. The van der Waals surface area contributed by atoms with Crippen molar-refractivity contribution in [2.24, 2.45) is 5.41 Å². The molecule has 0 aliphatic heterocycles. The van der Waals surface area contributed by atoms with E-state index in [4.69, 9.17) is 16.0 Å². The van der Waals surface area contributed by atoms with Crippen molar-refractivity contribution in [2.75, 3.05) is 5.88 Å². The van der Waals surface area contributed by atoms with Crippen molar-refractivity contribution in [3.63, 3.8) is 0 Å². The summed E-state index contributed by atoms with van der Waals surface area (Å²) in [6, 6.07) is 1.89. The van der Waals surface area contributed by atoms with Crippen LogP contribution >= 0.6 is 11.6 Å². The highest BCUT2D eigenvalue weighted by Gasteiger charge is 2.28. The van der Waals surface area contributed by atoms with E-state index in [2.05, 4.69) is 5.32 Å². The molecule has 1 atom stereocenters. The first-order valence-electron chi connectivity index (χ1n) is 5.72. The van der Waals surface area contributed by atoms with Crippen LogP contribution in [0.15, 0.2) is 10.5 Å². The lowest BCUT2D eigenvalue weighted by Crippen LogP contribution is -2.39. The van der Waals surface area contributed by atoms with E-state index in [1.807, 2.05) is 40.7 Å². The van der Waals surface area contributed by atoms with E-state index in [0.29, 0.717) is 5.88 Å². The third kappa shape index (κ3) is 3.25. The average molecular weight is 258 g/mol. The smallest absolute Gasteiger partial charge is 0.227 e. The Morgan fingerprint density at radius 1 is 1.53 bits per heavy atom. The van der Waals surface area contributed by atoms with Gasteiger partial charge in [-0.2, -0.15) is 0 Å². The number of rotatable bonds is 4. The largest absolute Gasteiger partial charge is 0.466 e. The molecule has 4 heteroatoms. The summed E-state index contributed by atoms with van der Waals surface area (Å²) in [6.07, 6.45) is 0. The second kappa shape index (κ2) is 5.13. The average Bonchev–Trinajstić information content (AvgIpc) is 2.57. The van der Waals surface area contributed by atoms with Gasteiger partial charge in [0.05, 0.1) is 11.5 Å². The van der Waals surface area contributed by atoms with Crippen LogP contribution in [0, 0.1) is 19.3 Å². The number of amides is 1. The Hall–Kier alpha value is -0.960. The normalized spacial score (nSPS) is 13.5. The fourth-order valence-electron chi connectivity index (χ4n) is 1.61. The van der Waals surface area contributed by atoms with Gasteiger partial charge in [-0.05, 0) is 40.7 Å². The second-order valence-electron chi connectivity index (χ2n) is 5.08. The van der Waals surface area contributed by atoms with Crippen LogP contribution in [-0.2, 0) is 4.79 Å². The minimum atomic E-state index is -0.553. The van der Waals surface area contributed by atoms with Crippen molar-refractivity contribution < 1.29 is 9.21 Å². The van der Waals surface area contributed by atoms with Crippen LogP contribution in [0.2, 0.25) is 0 Å². The summed E-state index contributed by atoms with van der Waals surface area (Å²) in [7, 11) is 0. The van der Waals surface area contributed by atoms with Crippen LogP contribution in [-0.4, -0.2) is 11.8 Å². The first-order chi connectivity index (χ1) is 7.77. The van der Waals surface area contributed by atoms with Gasteiger partial charge >= 0.3 is 0 Å². The minimum absolute atomic E-state index is 0.0433. The van der Waals surface area contributed by atoms with Gasteiger partial charge in [0.2, 0.25) is 5.91 Å². The number of aryl methyl sites for hydroxylation is 2. The van der Waals surface area contributed by atoms with Crippen molar-refractivity contribution in [1.82, 2.24) is 5.32 Å². The standard InChI is InChI=1S/C13H20ClNO2/c1-8-6-11(10(3)17-8)9(2)15-12(16)13(4,5)7-14/h6,9H,7H2,1-5H3,(H,15,16). The van der Waals surface area contributed by atoms with Crippen LogP contribution in [0.4, 0.5) is 0 Å². The number of alkyl halides is 1. The second-order valence-corrected chi connectivity index (χ2v) is 5.35. The van der Waals surface area contributed by atoms with Gasteiger partial charge in [-0.1, -0.05) is 0 Å². The zero-order chi connectivity index (χ0) is 13.2. The lowest BCUT2D eigenvalue weighted by Gasteiger charge is -2.23. The molecule has 0 aliphatic rings. The maximum absolute atomic E-state index is 12.0. The van der Waals surface area contributed by atoms with Crippen molar-refractivity contribution in [1.29, 1.82) is 0 Å². The van der Waals surface area contributed by atoms with E-state index in [-0.39, 0.29) is 11.9 Å². The molecule has 0 aliphatic carbocycles. The number of carbonyl (C=O) groups is 1. The Labute approximate surface area is 108 Å². The maximum atomic E-state index is 12.0. The highest BCUT2D eigenvalue weighted by molar-refractivity contribution is 6.19. The van der Waals surface area contributed by atoms with Crippen molar-refractivity contribution >= 4 is 17.5 Å². The fourth-order valence-corrected chi connectivity index (χ4v) is 1.73. The molecule has 1 N–H and O–H groups in total. The quantitative estimate of drug-likeness (QED) is 0.841. The van der Waals surface area contributed by atoms with Gasteiger partial charge in [-0.15, -0.1) is 11.6 Å². The Morgan fingerprint density at radius 2 is 2.12 bits per heavy atom. The fraction of sp³-hybridized carbons (Fsp3) is 0.615. The molecule has 1 aromatic heterocycles. The van der Waals surface area contributed by atoms with Crippen LogP contribution in [0.3, 0.4) is 0 Å². The molecule has 0 spiro atoms. The molecule has 1 heterocycles. The van der Waals surface area contributed by atoms with E-state index in [0.717, 1.165) is 17.1 Å². The van der Waals surface area contributed by atoms with Crippen LogP contribution in [0.5, 0.6) is 0 Å². The first kappa shape index (κ1) is 14.1. The molecule has 1 rings (SSSR count). The zero-order valence-corrected chi connectivity index (χ0v) is 11.8. The molecule has 0 radical (unpaired) electrons. The van der Waals surface area contributed by atoms with Gasteiger partial charge in [0.25, 0.3) is 0 Å². The predicted molar refractivity (Wildman–Crippen MR) is 69.2 cm³/mol. The van der Waals surface area contributed by atoms with E-state index in [9.17, 15) is 4.79 Å². The Bertz CT molecular complexity index is 410. The molecule has 0 aromatic carbocycles. The zero-order valence-electron chi connectivity index (χ0n) is 11.1. The number of halogens is 1. The Balaban J connectivity index is 2.77. The van der Waals surface area contributed by atoms with Crippen LogP contribution < -0.4 is 5.32 Å². The molecule has 0 saturated heterocycles. The summed E-state index contributed by atoms with van der Waals surface area (Å²) in [5, 5.41) is 2.96. The molecular formula is C13H20ClNO2. The summed E-state index contributed by atoms with van der Waals surface area (Å²) < 4.78 is 5.45. The third-order valence-corrected chi connectivity index (χ3v) is 3.51. The van der Waals surface area contributed by atoms with Crippen LogP contribution in [0.1, 0.15) is 43.9 Å². The summed E-state index contributed by atoms with van der Waals surface area (Å²) in [4.78, 5) is 12.0. The molecule has 3 nitrogen and oxygen atoms in total. The Kier molecular flexibility index (Phi) is 4.26. The Morgan fingerprint density at radius 3 is 2.53 bits per heavy atom. The number of hydrogen-bond donors (Lipinski definition) is 1. The van der Waals surface area contributed by atoms with E-state index in [1.165, 1.54) is 0 Å². The molecule has 0 bridgehead atoms. The van der Waals surface area contributed by atoms with Gasteiger partial charge in [-0.25, -0.2) is 0 Å². The van der Waals surface area contributed by atoms with Gasteiger partial charge in [0.15, 0.2) is 0 Å². The summed E-state index contributed by atoms with van der Waals surface area (Å²) in [5.74, 6) is 1.96. The van der Waals surface area contributed by atoms with E-state index in [1.54, 1.807) is 0 Å². The first-order valence-corrected chi connectivity index (χ1v) is 6.25. The molecule has 0 saturated carbocycles. The van der Waals surface area contributed by atoms with Gasteiger partial charge in [-0.3, -0.25) is 4.79 Å². The van der Waals surface area contributed by atoms with Crippen molar-refractivity contribution in [3.8, 4) is 0 Å². The lowest BCUT2D eigenvalue weighted by molar-refractivity contribution is -0.129. The summed E-state index contributed by atoms with van der Waals surface area (Å²) in [6.45, 7) is 9.40. The third-order valence-electron chi connectivity index (χ3n) is 2.84. The van der Waals surface area contributed by atoms with Gasteiger partial charge < -0.3 is 9.73 Å². The van der Waals surface area contributed by atoms with Gasteiger partial charge in [0.1, 0.15) is 11.5 Å². The maximum Gasteiger partial charge on any atom is 0.227 e. The monoisotopic (exact) mass is 257 g/mol. The molecule has 0 fully saturated rings. The topological polar surface area (TPSA) is 42.2 Å². The van der Waals surface area contributed by atoms with E-state index >= 15 is 0 Å². The SMILES string of the molecule is Cc1cc(C(C)NC(=O)C(C)(C)CCl)c(C)o1. The van der Waals surface area contributed by atoms with Crippen molar-refractivity contribution in [2.45, 2.75) is 40.7 Å². The number of nitrogens with one attached hydrogen (secondary N) is 1. The molecule has 1 unspecified atom stereocenters. The number of furan rings is 1. The summed E-state index contributed by atoms with van der Waals surface area (Å²) >= 11 is 5.77. The van der Waals surface area contributed by atoms with Gasteiger partial charge in [0, 0.05) is 11.4 Å². The lowest BCUT2D eigenvalue weighted by atomic mass is 9.94. The predicted octanol–water partition coefficient (Wildman–Crippen LogP) is 3.34. The molecule has 1 aromatic rings. The molecule has 96 valence electrons. The molecular weight excluding hydrogens is 238 g/mol. The highest BCUT2D eigenvalue weighted by Crippen LogP contribution is 2.24. The molecule has 1 amide bonds. The van der Waals surface area contributed by atoms with Crippen molar-refractivity contribution in [3.05, 3.63) is 23.2 Å². The molecule has 17 heavy (non-hydrogen) atoms. The van der Waals surface area contributed by atoms with E-state index < -0.39 is 5.41 Å².